The van der Waals surface area contributed by atoms with Gasteiger partial charge in [-0.3, -0.25) is 0 Å². The van der Waals surface area contributed by atoms with Crippen molar-refractivity contribution in [3.05, 3.63) is 29.3 Å². The Morgan fingerprint density at radius 1 is 1.33 bits per heavy atom. The van der Waals surface area contributed by atoms with Crippen LogP contribution in [0, 0.1) is 6.92 Å². The van der Waals surface area contributed by atoms with Crippen molar-refractivity contribution in [2.75, 3.05) is 13.7 Å². The van der Waals surface area contributed by atoms with Gasteiger partial charge < -0.3 is 10.1 Å². The number of piperidine rings is 1. The molecule has 0 aliphatic carbocycles. The van der Waals surface area contributed by atoms with Crippen LogP contribution in [0.4, 0.5) is 0 Å². The lowest BCUT2D eigenvalue weighted by Gasteiger charge is -2.25. The lowest BCUT2D eigenvalue weighted by Crippen LogP contribution is -2.27. The molecule has 2 nitrogen and oxygen atoms in total. The van der Waals surface area contributed by atoms with Gasteiger partial charge in [0.1, 0.15) is 5.75 Å². The van der Waals surface area contributed by atoms with E-state index in [0.29, 0.717) is 6.04 Å². The molecule has 1 aliphatic rings. The molecule has 1 aliphatic heterocycles. The first kappa shape index (κ1) is 10.5. The summed E-state index contributed by atoms with van der Waals surface area (Å²) in [5.74, 6) is 1.01. The van der Waals surface area contributed by atoms with Crippen molar-refractivity contribution in [3.63, 3.8) is 0 Å². The molecule has 0 radical (unpaired) electrons. The second-order valence-electron chi connectivity index (χ2n) is 4.25. The van der Waals surface area contributed by atoms with Crippen molar-refractivity contribution in [2.24, 2.45) is 0 Å². The van der Waals surface area contributed by atoms with E-state index in [0.717, 1.165) is 12.3 Å². The highest BCUT2D eigenvalue weighted by molar-refractivity contribution is 5.39. The molecule has 0 bridgehead atoms. The summed E-state index contributed by atoms with van der Waals surface area (Å²) in [6.07, 6.45) is 3.83. The van der Waals surface area contributed by atoms with Gasteiger partial charge in [0.2, 0.25) is 0 Å². The molecule has 1 aromatic carbocycles. The summed E-state index contributed by atoms with van der Waals surface area (Å²) in [5, 5.41) is 3.56. The third-order valence-corrected chi connectivity index (χ3v) is 3.07. The molecule has 82 valence electrons. The van der Waals surface area contributed by atoms with Crippen molar-refractivity contribution >= 4 is 0 Å². The first-order valence-electron chi connectivity index (χ1n) is 5.69. The number of benzene rings is 1. The molecule has 0 spiro atoms. The quantitative estimate of drug-likeness (QED) is 0.801. The number of rotatable bonds is 2. The van der Waals surface area contributed by atoms with Gasteiger partial charge in [-0.15, -0.1) is 0 Å². The topological polar surface area (TPSA) is 21.3 Å². The van der Waals surface area contributed by atoms with E-state index in [2.05, 4.69) is 30.4 Å². The first-order chi connectivity index (χ1) is 7.31. The normalized spacial score (nSPS) is 21.3. The van der Waals surface area contributed by atoms with E-state index in [4.69, 9.17) is 4.74 Å². The lowest BCUT2D eigenvalue weighted by atomic mass is 9.95. The van der Waals surface area contributed by atoms with Crippen LogP contribution in [-0.2, 0) is 0 Å². The Bertz CT molecular complexity index is 329. The fourth-order valence-corrected chi connectivity index (χ4v) is 2.24. The summed E-state index contributed by atoms with van der Waals surface area (Å²) >= 11 is 0. The molecule has 2 rings (SSSR count). The van der Waals surface area contributed by atoms with Gasteiger partial charge in [-0.25, -0.2) is 0 Å². The average Bonchev–Trinajstić information content (AvgIpc) is 2.30. The SMILES string of the molecule is COc1ccc(C)cc1C1CCCCN1. The molecule has 0 aromatic heterocycles. The standard InChI is InChI=1S/C13H19NO/c1-10-6-7-13(15-2)11(9-10)12-5-3-4-8-14-12/h6-7,9,12,14H,3-5,8H2,1-2H3. The largest absolute Gasteiger partial charge is 0.496 e. The van der Waals surface area contributed by atoms with E-state index >= 15 is 0 Å². The maximum atomic E-state index is 5.41. The van der Waals surface area contributed by atoms with E-state index in [1.807, 2.05) is 0 Å². The van der Waals surface area contributed by atoms with Crippen LogP contribution < -0.4 is 10.1 Å². The fraction of sp³-hybridized carbons (Fsp3) is 0.538. The van der Waals surface area contributed by atoms with E-state index < -0.39 is 0 Å². The summed E-state index contributed by atoms with van der Waals surface area (Å²) < 4.78 is 5.41. The van der Waals surface area contributed by atoms with Crippen molar-refractivity contribution in [2.45, 2.75) is 32.2 Å². The Hall–Kier alpha value is -1.02. The zero-order valence-corrected chi connectivity index (χ0v) is 9.55. The monoisotopic (exact) mass is 205 g/mol. The number of methoxy groups -OCH3 is 1. The molecule has 1 aromatic rings. The Labute approximate surface area is 91.6 Å². The van der Waals surface area contributed by atoms with Crippen LogP contribution in [0.15, 0.2) is 18.2 Å². The number of nitrogens with one attached hydrogen (secondary N) is 1. The van der Waals surface area contributed by atoms with Gasteiger partial charge in [0, 0.05) is 11.6 Å². The summed E-state index contributed by atoms with van der Waals surface area (Å²) in [4.78, 5) is 0. The second-order valence-corrected chi connectivity index (χ2v) is 4.25. The molecule has 1 N–H and O–H groups in total. The highest BCUT2D eigenvalue weighted by Crippen LogP contribution is 2.31. The van der Waals surface area contributed by atoms with Crippen LogP contribution in [0.25, 0.3) is 0 Å². The molecule has 1 unspecified atom stereocenters. The molecule has 0 amide bonds. The van der Waals surface area contributed by atoms with E-state index in [1.165, 1.54) is 30.4 Å². The van der Waals surface area contributed by atoms with Crippen LogP contribution in [0.5, 0.6) is 5.75 Å². The highest BCUT2D eigenvalue weighted by atomic mass is 16.5. The Balaban J connectivity index is 2.27. The molecule has 1 saturated heterocycles. The molecule has 15 heavy (non-hydrogen) atoms. The minimum absolute atomic E-state index is 0.480. The van der Waals surface area contributed by atoms with Gasteiger partial charge in [-0.2, -0.15) is 0 Å². The summed E-state index contributed by atoms with van der Waals surface area (Å²) in [7, 11) is 1.75. The van der Waals surface area contributed by atoms with E-state index in [9.17, 15) is 0 Å². The summed E-state index contributed by atoms with van der Waals surface area (Å²) in [6.45, 7) is 3.26. The number of ether oxygens (including phenoxy) is 1. The molecule has 0 saturated carbocycles. The molecular formula is C13H19NO. The second kappa shape index (κ2) is 4.67. The van der Waals surface area contributed by atoms with Gasteiger partial charge in [-0.05, 0) is 32.4 Å². The van der Waals surface area contributed by atoms with E-state index in [1.54, 1.807) is 7.11 Å². The highest BCUT2D eigenvalue weighted by Gasteiger charge is 2.18. The number of aryl methyl sites for hydroxylation is 1. The van der Waals surface area contributed by atoms with Gasteiger partial charge in [0.15, 0.2) is 0 Å². The predicted molar refractivity (Wildman–Crippen MR) is 62.3 cm³/mol. The molecule has 1 fully saturated rings. The Kier molecular flexibility index (Phi) is 3.27. The van der Waals surface area contributed by atoms with Gasteiger partial charge in [-0.1, -0.05) is 24.1 Å². The number of hydrogen-bond acceptors (Lipinski definition) is 2. The van der Waals surface area contributed by atoms with Crippen LogP contribution >= 0.6 is 0 Å². The molecular weight excluding hydrogens is 186 g/mol. The number of hydrogen-bond donors (Lipinski definition) is 1. The minimum Gasteiger partial charge on any atom is -0.496 e. The van der Waals surface area contributed by atoms with Crippen molar-refractivity contribution in [1.82, 2.24) is 5.32 Å². The van der Waals surface area contributed by atoms with Crippen molar-refractivity contribution < 1.29 is 4.74 Å². The van der Waals surface area contributed by atoms with Crippen LogP contribution in [0.3, 0.4) is 0 Å². The zero-order chi connectivity index (χ0) is 10.7. The summed E-state index contributed by atoms with van der Waals surface area (Å²) in [5.41, 5.74) is 2.62. The minimum atomic E-state index is 0.480. The zero-order valence-electron chi connectivity index (χ0n) is 9.55. The maximum Gasteiger partial charge on any atom is 0.123 e. The van der Waals surface area contributed by atoms with Crippen LogP contribution in [0.2, 0.25) is 0 Å². The average molecular weight is 205 g/mol. The third-order valence-electron chi connectivity index (χ3n) is 3.07. The Morgan fingerprint density at radius 3 is 2.87 bits per heavy atom. The predicted octanol–water partition coefficient (Wildman–Crippen LogP) is 2.82. The van der Waals surface area contributed by atoms with Crippen LogP contribution in [0.1, 0.15) is 36.4 Å². The lowest BCUT2D eigenvalue weighted by molar-refractivity contribution is 0.373. The van der Waals surface area contributed by atoms with Gasteiger partial charge in [0.05, 0.1) is 7.11 Å². The third kappa shape index (κ3) is 2.32. The fourth-order valence-electron chi connectivity index (χ4n) is 2.24. The molecule has 1 atom stereocenters. The Morgan fingerprint density at radius 2 is 2.20 bits per heavy atom. The smallest absolute Gasteiger partial charge is 0.123 e. The van der Waals surface area contributed by atoms with Gasteiger partial charge >= 0.3 is 0 Å². The molecule has 2 heteroatoms. The van der Waals surface area contributed by atoms with E-state index in [-0.39, 0.29) is 0 Å². The summed E-state index contributed by atoms with van der Waals surface area (Å²) in [6, 6.07) is 6.89. The first-order valence-corrected chi connectivity index (χ1v) is 5.69. The van der Waals surface area contributed by atoms with Crippen molar-refractivity contribution in [1.29, 1.82) is 0 Å². The maximum absolute atomic E-state index is 5.41. The molecule has 1 heterocycles. The van der Waals surface area contributed by atoms with Crippen LogP contribution in [-0.4, -0.2) is 13.7 Å². The van der Waals surface area contributed by atoms with Gasteiger partial charge in [0.25, 0.3) is 0 Å². The van der Waals surface area contributed by atoms with Crippen molar-refractivity contribution in [3.8, 4) is 5.75 Å².